The number of amides is 2. The van der Waals surface area contributed by atoms with E-state index >= 15 is 0 Å². The Morgan fingerprint density at radius 3 is 2.20 bits per heavy atom. The molecule has 2 amide bonds. The van der Waals surface area contributed by atoms with Crippen LogP contribution in [0.1, 0.15) is 15.9 Å². The van der Waals surface area contributed by atoms with Crippen molar-refractivity contribution in [2.24, 2.45) is 0 Å². The van der Waals surface area contributed by atoms with Crippen molar-refractivity contribution in [2.45, 2.75) is 6.61 Å². The minimum absolute atomic E-state index is 0.0370. The maximum atomic E-state index is 12.4. The minimum atomic E-state index is -0.267. The fraction of sp³-hybridized carbons (Fsp3) is 0.263. The van der Waals surface area contributed by atoms with Crippen molar-refractivity contribution in [3.8, 4) is 5.75 Å². The van der Waals surface area contributed by atoms with Gasteiger partial charge in [0.05, 0.1) is 20.3 Å². The molecule has 132 valence electrons. The normalized spacial score (nSPS) is 10.2. The molecular weight excluding hydrogens is 320 g/mol. The predicted octanol–water partition coefficient (Wildman–Crippen LogP) is 2.55. The van der Waals surface area contributed by atoms with E-state index in [1.165, 1.54) is 4.90 Å². The van der Waals surface area contributed by atoms with Gasteiger partial charge in [-0.3, -0.25) is 9.59 Å². The smallest absolute Gasteiger partial charge is 0.254 e. The van der Waals surface area contributed by atoms with Crippen LogP contribution in [0.2, 0.25) is 0 Å². The highest BCUT2D eigenvalue weighted by Gasteiger charge is 2.15. The highest BCUT2D eigenvalue weighted by atomic mass is 16.5. The van der Waals surface area contributed by atoms with Crippen LogP contribution in [0.5, 0.6) is 5.75 Å². The van der Waals surface area contributed by atoms with Crippen LogP contribution in [0.25, 0.3) is 0 Å². The number of nitrogens with one attached hydrogen (secondary N) is 1. The Balaban J connectivity index is 1.91. The van der Waals surface area contributed by atoms with Crippen molar-refractivity contribution in [1.82, 2.24) is 4.90 Å². The summed E-state index contributed by atoms with van der Waals surface area (Å²) in [5, 5.41) is 2.75. The van der Waals surface area contributed by atoms with Crippen LogP contribution in [0.3, 0.4) is 0 Å². The lowest BCUT2D eigenvalue weighted by molar-refractivity contribution is -0.116. The average molecular weight is 342 g/mol. The zero-order valence-electron chi connectivity index (χ0n) is 14.6. The van der Waals surface area contributed by atoms with Crippen molar-refractivity contribution in [3.63, 3.8) is 0 Å². The number of carbonyl (C=O) groups is 2. The summed E-state index contributed by atoms with van der Waals surface area (Å²) >= 11 is 0. The van der Waals surface area contributed by atoms with E-state index in [4.69, 9.17) is 9.47 Å². The molecule has 0 saturated carbocycles. The molecule has 2 aromatic rings. The number of benzene rings is 2. The number of likely N-dealkylation sites (N-methyl/N-ethyl adjacent to an activating group) is 1. The van der Waals surface area contributed by atoms with Gasteiger partial charge in [0, 0.05) is 25.4 Å². The first-order valence-electron chi connectivity index (χ1n) is 7.80. The van der Waals surface area contributed by atoms with Gasteiger partial charge in [0.15, 0.2) is 0 Å². The second kappa shape index (κ2) is 8.84. The number of nitrogens with zero attached hydrogens (tertiary/aromatic N) is 1. The van der Waals surface area contributed by atoms with E-state index in [-0.39, 0.29) is 18.4 Å². The van der Waals surface area contributed by atoms with E-state index in [0.29, 0.717) is 23.6 Å². The molecule has 0 spiro atoms. The van der Waals surface area contributed by atoms with Crippen LogP contribution in [0, 0.1) is 0 Å². The van der Waals surface area contributed by atoms with E-state index in [0.717, 1.165) is 5.56 Å². The first-order chi connectivity index (χ1) is 12.0. The monoisotopic (exact) mass is 342 g/mol. The van der Waals surface area contributed by atoms with E-state index in [1.54, 1.807) is 57.7 Å². The van der Waals surface area contributed by atoms with Crippen molar-refractivity contribution in [1.29, 1.82) is 0 Å². The second-order valence-electron chi connectivity index (χ2n) is 5.57. The maximum absolute atomic E-state index is 12.4. The van der Waals surface area contributed by atoms with Gasteiger partial charge >= 0.3 is 0 Å². The summed E-state index contributed by atoms with van der Waals surface area (Å²) in [7, 11) is 4.79. The molecule has 0 fully saturated rings. The molecule has 2 aromatic carbocycles. The standard InChI is InChI=1S/C19H22N2O4/c1-21(19(23)15-6-4-14(5-7-15)13-24-2)12-18(22)20-16-8-10-17(25-3)11-9-16/h4-11H,12-13H2,1-3H3,(H,20,22). The third-order valence-corrected chi connectivity index (χ3v) is 3.61. The Morgan fingerprint density at radius 2 is 1.64 bits per heavy atom. The van der Waals surface area contributed by atoms with E-state index < -0.39 is 0 Å². The molecule has 0 aliphatic heterocycles. The molecule has 25 heavy (non-hydrogen) atoms. The van der Waals surface area contributed by atoms with E-state index in [1.807, 2.05) is 12.1 Å². The molecule has 0 aliphatic rings. The Hall–Kier alpha value is -2.86. The lowest BCUT2D eigenvalue weighted by atomic mass is 10.1. The van der Waals surface area contributed by atoms with Gasteiger partial charge in [0.25, 0.3) is 5.91 Å². The number of hydrogen-bond donors (Lipinski definition) is 1. The molecule has 6 nitrogen and oxygen atoms in total. The van der Waals surface area contributed by atoms with Crippen LogP contribution >= 0.6 is 0 Å². The maximum Gasteiger partial charge on any atom is 0.254 e. The van der Waals surface area contributed by atoms with Crippen LogP contribution in [0.4, 0.5) is 5.69 Å². The lowest BCUT2D eigenvalue weighted by Crippen LogP contribution is -2.34. The zero-order valence-corrected chi connectivity index (χ0v) is 14.6. The molecule has 6 heteroatoms. The minimum Gasteiger partial charge on any atom is -0.497 e. The molecule has 0 atom stereocenters. The predicted molar refractivity (Wildman–Crippen MR) is 95.7 cm³/mol. The summed E-state index contributed by atoms with van der Waals surface area (Å²) in [5.74, 6) is 0.230. The Kier molecular flexibility index (Phi) is 6.54. The highest BCUT2D eigenvalue weighted by Crippen LogP contribution is 2.15. The Labute approximate surface area is 147 Å². The summed E-state index contributed by atoms with van der Waals surface area (Å²) in [5.41, 5.74) is 2.16. The van der Waals surface area contributed by atoms with E-state index in [9.17, 15) is 9.59 Å². The summed E-state index contributed by atoms with van der Waals surface area (Å²) in [6, 6.07) is 14.1. The molecule has 2 rings (SSSR count). The number of methoxy groups -OCH3 is 2. The van der Waals surface area contributed by atoms with Gasteiger partial charge in [-0.2, -0.15) is 0 Å². The number of hydrogen-bond acceptors (Lipinski definition) is 4. The lowest BCUT2D eigenvalue weighted by Gasteiger charge is -2.17. The molecular formula is C19H22N2O4. The zero-order chi connectivity index (χ0) is 18.2. The largest absolute Gasteiger partial charge is 0.497 e. The summed E-state index contributed by atoms with van der Waals surface area (Å²) in [6.45, 7) is 0.458. The fourth-order valence-electron chi connectivity index (χ4n) is 2.29. The second-order valence-corrected chi connectivity index (χ2v) is 5.57. The average Bonchev–Trinajstić information content (AvgIpc) is 2.62. The summed E-state index contributed by atoms with van der Waals surface area (Å²) in [6.07, 6.45) is 0. The van der Waals surface area contributed by atoms with Gasteiger partial charge in [0.1, 0.15) is 5.75 Å². The van der Waals surface area contributed by atoms with Crippen LogP contribution < -0.4 is 10.1 Å². The first kappa shape index (κ1) is 18.5. The third kappa shape index (κ3) is 5.32. The molecule has 0 unspecified atom stereocenters. The molecule has 0 heterocycles. The van der Waals surface area contributed by atoms with Gasteiger partial charge in [-0.25, -0.2) is 0 Å². The molecule has 0 aromatic heterocycles. The molecule has 0 bridgehead atoms. The van der Waals surface area contributed by atoms with Gasteiger partial charge in [0.2, 0.25) is 5.91 Å². The fourth-order valence-corrected chi connectivity index (χ4v) is 2.29. The van der Waals surface area contributed by atoms with E-state index in [2.05, 4.69) is 5.32 Å². The van der Waals surface area contributed by atoms with Gasteiger partial charge in [-0.1, -0.05) is 12.1 Å². The molecule has 0 radical (unpaired) electrons. The topological polar surface area (TPSA) is 67.9 Å². The molecule has 1 N–H and O–H groups in total. The van der Waals surface area contributed by atoms with Crippen molar-refractivity contribution in [2.75, 3.05) is 33.1 Å². The first-order valence-corrected chi connectivity index (χ1v) is 7.80. The summed E-state index contributed by atoms with van der Waals surface area (Å²) < 4.78 is 10.1. The number of rotatable bonds is 7. The highest BCUT2D eigenvalue weighted by molar-refractivity contribution is 5.99. The van der Waals surface area contributed by atoms with Crippen molar-refractivity contribution < 1.29 is 19.1 Å². The Bertz CT molecular complexity index is 711. The number of carbonyl (C=O) groups excluding carboxylic acids is 2. The third-order valence-electron chi connectivity index (χ3n) is 3.61. The van der Waals surface area contributed by atoms with Crippen LogP contribution in [-0.2, 0) is 16.1 Å². The Morgan fingerprint density at radius 1 is 1.00 bits per heavy atom. The number of ether oxygens (including phenoxy) is 2. The van der Waals surface area contributed by atoms with Crippen molar-refractivity contribution >= 4 is 17.5 Å². The molecule has 0 saturated heterocycles. The van der Waals surface area contributed by atoms with Gasteiger partial charge < -0.3 is 19.7 Å². The number of anilines is 1. The van der Waals surface area contributed by atoms with Gasteiger partial charge in [-0.05, 0) is 42.0 Å². The van der Waals surface area contributed by atoms with Crippen LogP contribution in [-0.4, -0.2) is 44.5 Å². The van der Waals surface area contributed by atoms with Crippen molar-refractivity contribution in [3.05, 3.63) is 59.7 Å². The SMILES string of the molecule is COCc1ccc(C(=O)N(C)CC(=O)Nc2ccc(OC)cc2)cc1. The van der Waals surface area contributed by atoms with Crippen LogP contribution in [0.15, 0.2) is 48.5 Å². The summed E-state index contributed by atoms with van der Waals surface area (Å²) in [4.78, 5) is 25.9. The quantitative estimate of drug-likeness (QED) is 0.840. The van der Waals surface area contributed by atoms with Gasteiger partial charge in [-0.15, -0.1) is 0 Å². The molecule has 0 aliphatic carbocycles.